The van der Waals surface area contributed by atoms with Crippen LogP contribution in [0, 0.1) is 0 Å². The molecule has 4 nitrogen and oxygen atoms in total. The minimum absolute atomic E-state index is 0.0633. The molecular weight excluding hydrogens is 516 g/mol. The van der Waals surface area contributed by atoms with Crippen LogP contribution in [0.25, 0.3) is 0 Å². The molecule has 4 heteroatoms. The van der Waals surface area contributed by atoms with E-state index in [1.807, 2.05) is 0 Å². The van der Waals surface area contributed by atoms with Crippen LogP contribution in [0.2, 0.25) is 0 Å². The highest BCUT2D eigenvalue weighted by Crippen LogP contribution is 2.42. The van der Waals surface area contributed by atoms with Crippen molar-refractivity contribution in [3.05, 3.63) is 57.6 Å². The summed E-state index contributed by atoms with van der Waals surface area (Å²) < 4.78 is 0. The van der Waals surface area contributed by atoms with E-state index in [0.29, 0.717) is 11.5 Å². The summed E-state index contributed by atoms with van der Waals surface area (Å²) in [6.45, 7) is 32.4. The zero-order chi connectivity index (χ0) is 31.7. The van der Waals surface area contributed by atoms with Gasteiger partial charge in [-0.3, -0.25) is 9.80 Å². The molecule has 0 bridgehead atoms. The van der Waals surface area contributed by atoms with Crippen molar-refractivity contribution in [2.75, 3.05) is 26.2 Å². The molecule has 0 aliphatic carbocycles. The lowest BCUT2D eigenvalue weighted by Gasteiger charge is -2.37. The number of hydrogen-bond donors (Lipinski definition) is 2. The molecule has 2 aromatic carbocycles. The van der Waals surface area contributed by atoms with Gasteiger partial charge in [0.15, 0.2) is 0 Å². The monoisotopic (exact) mass is 578 g/mol. The quantitative estimate of drug-likeness (QED) is 0.264. The van der Waals surface area contributed by atoms with Crippen molar-refractivity contribution in [3.8, 4) is 11.5 Å². The van der Waals surface area contributed by atoms with E-state index >= 15 is 0 Å². The van der Waals surface area contributed by atoms with Gasteiger partial charge in [0.1, 0.15) is 11.5 Å². The minimum atomic E-state index is -0.0779. The molecule has 2 N–H and O–H groups in total. The summed E-state index contributed by atoms with van der Waals surface area (Å²) in [6, 6.07) is 9.05. The molecule has 0 saturated carbocycles. The van der Waals surface area contributed by atoms with Crippen molar-refractivity contribution in [1.29, 1.82) is 0 Å². The van der Waals surface area contributed by atoms with Crippen molar-refractivity contribution >= 4 is 0 Å². The van der Waals surface area contributed by atoms with E-state index in [0.717, 1.165) is 87.2 Å². The number of phenols is 2. The molecule has 0 radical (unpaired) electrons. The van der Waals surface area contributed by atoms with Gasteiger partial charge in [-0.1, -0.05) is 107 Å². The van der Waals surface area contributed by atoms with Crippen LogP contribution in [0.15, 0.2) is 24.3 Å². The van der Waals surface area contributed by atoms with Crippen molar-refractivity contribution < 1.29 is 10.2 Å². The van der Waals surface area contributed by atoms with E-state index in [2.05, 4.69) is 117 Å². The molecule has 2 aromatic rings. The second-order valence-corrected chi connectivity index (χ2v) is 15.6. The second kappa shape index (κ2) is 12.9. The number of aromatic hydroxyl groups is 2. The van der Waals surface area contributed by atoms with Gasteiger partial charge >= 0.3 is 0 Å². The molecule has 0 atom stereocenters. The minimum Gasteiger partial charge on any atom is -0.507 e. The standard InChI is InChI=1S/C38H62N2O2/c1-13-35(5,6)29-21-27(33(41)31(23-29)37(9,10)15-3)25-39-17-19-40(20-18-39)26-28-22-30(36(7,8)14-2)24-32(34(28)42)38(11,12)16-4/h21-24,41-42H,13-20,25-26H2,1-12H3. The molecule has 236 valence electrons. The lowest BCUT2D eigenvalue weighted by molar-refractivity contribution is 0.120. The average Bonchev–Trinajstić information content (AvgIpc) is 2.95. The van der Waals surface area contributed by atoms with Crippen LogP contribution in [0.3, 0.4) is 0 Å². The van der Waals surface area contributed by atoms with Gasteiger partial charge in [-0.2, -0.15) is 0 Å². The summed E-state index contributed by atoms with van der Waals surface area (Å²) in [5.74, 6) is 0.956. The van der Waals surface area contributed by atoms with Gasteiger partial charge in [0.2, 0.25) is 0 Å². The Morgan fingerprint density at radius 3 is 1.05 bits per heavy atom. The van der Waals surface area contributed by atoms with Crippen LogP contribution in [0.5, 0.6) is 11.5 Å². The third kappa shape index (κ3) is 7.36. The van der Waals surface area contributed by atoms with Crippen LogP contribution >= 0.6 is 0 Å². The first-order valence-corrected chi connectivity index (χ1v) is 16.6. The van der Waals surface area contributed by atoms with Gasteiger partial charge in [0, 0.05) is 61.5 Å². The van der Waals surface area contributed by atoms with Gasteiger partial charge < -0.3 is 10.2 Å². The van der Waals surface area contributed by atoms with Crippen molar-refractivity contribution in [1.82, 2.24) is 9.80 Å². The molecule has 0 spiro atoms. The molecule has 42 heavy (non-hydrogen) atoms. The fourth-order valence-corrected chi connectivity index (χ4v) is 5.82. The molecule has 0 amide bonds. The summed E-state index contributed by atoms with van der Waals surface area (Å²) in [7, 11) is 0. The van der Waals surface area contributed by atoms with Crippen molar-refractivity contribution in [2.24, 2.45) is 0 Å². The topological polar surface area (TPSA) is 46.9 Å². The normalized spacial score (nSPS) is 16.3. The fourth-order valence-electron chi connectivity index (χ4n) is 5.82. The third-order valence-corrected chi connectivity index (χ3v) is 11.2. The highest BCUT2D eigenvalue weighted by molar-refractivity contribution is 5.50. The number of phenolic OH excluding ortho intramolecular Hbond substituents is 2. The molecule has 1 fully saturated rings. The maximum atomic E-state index is 11.5. The largest absolute Gasteiger partial charge is 0.507 e. The van der Waals surface area contributed by atoms with Gasteiger partial charge in [-0.15, -0.1) is 0 Å². The Hall–Kier alpha value is -2.04. The molecule has 3 rings (SSSR count). The van der Waals surface area contributed by atoms with E-state index in [1.165, 1.54) is 11.1 Å². The molecule has 0 aromatic heterocycles. The van der Waals surface area contributed by atoms with Crippen LogP contribution in [-0.2, 0) is 34.7 Å². The molecule has 1 aliphatic rings. The predicted octanol–water partition coefficient (Wildman–Crippen LogP) is 9.17. The Bertz CT molecular complexity index is 1120. The Morgan fingerprint density at radius 1 is 0.500 bits per heavy atom. The highest BCUT2D eigenvalue weighted by Gasteiger charge is 2.31. The molecule has 0 unspecified atom stereocenters. The summed E-state index contributed by atoms with van der Waals surface area (Å²) >= 11 is 0. The predicted molar refractivity (Wildman–Crippen MR) is 180 cm³/mol. The maximum absolute atomic E-state index is 11.5. The summed E-state index contributed by atoms with van der Waals surface area (Å²) in [6.07, 6.45) is 4.08. The fraction of sp³-hybridized carbons (Fsp3) is 0.684. The first-order valence-electron chi connectivity index (χ1n) is 16.6. The van der Waals surface area contributed by atoms with Gasteiger partial charge in [-0.25, -0.2) is 0 Å². The lowest BCUT2D eigenvalue weighted by atomic mass is 9.75. The Balaban J connectivity index is 1.83. The van der Waals surface area contributed by atoms with Gasteiger partial charge in [-0.05, 0) is 58.5 Å². The Labute approximate surface area is 258 Å². The second-order valence-electron chi connectivity index (χ2n) is 15.6. The number of nitrogens with zero attached hydrogens (tertiary/aromatic N) is 2. The van der Waals surface area contributed by atoms with Gasteiger partial charge in [0.05, 0.1) is 0 Å². The van der Waals surface area contributed by atoms with Crippen LogP contribution in [0.1, 0.15) is 142 Å². The Kier molecular flexibility index (Phi) is 10.6. The van der Waals surface area contributed by atoms with Crippen LogP contribution in [0.4, 0.5) is 0 Å². The molecule has 1 saturated heterocycles. The Morgan fingerprint density at radius 2 is 0.786 bits per heavy atom. The number of hydrogen-bond acceptors (Lipinski definition) is 4. The average molecular weight is 579 g/mol. The number of rotatable bonds is 12. The summed E-state index contributed by atoms with van der Waals surface area (Å²) in [5.41, 5.74) is 6.88. The summed E-state index contributed by atoms with van der Waals surface area (Å²) in [4.78, 5) is 4.97. The third-order valence-electron chi connectivity index (χ3n) is 11.2. The first kappa shape index (κ1) is 34.5. The zero-order valence-electron chi connectivity index (χ0n) is 29.2. The smallest absolute Gasteiger partial charge is 0.123 e. The van der Waals surface area contributed by atoms with E-state index in [1.54, 1.807) is 0 Å². The van der Waals surface area contributed by atoms with E-state index in [4.69, 9.17) is 0 Å². The van der Waals surface area contributed by atoms with E-state index in [-0.39, 0.29) is 21.7 Å². The van der Waals surface area contributed by atoms with Gasteiger partial charge in [0.25, 0.3) is 0 Å². The maximum Gasteiger partial charge on any atom is 0.123 e. The zero-order valence-corrected chi connectivity index (χ0v) is 29.2. The lowest BCUT2D eigenvalue weighted by Crippen LogP contribution is -2.45. The highest BCUT2D eigenvalue weighted by atomic mass is 16.3. The van der Waals surface area contributed by atoms with E-state index < -0.39 is 0 Å². The SMILES string of the molecule is CCC(C)(C)c1cc(CN2CCN(Cc3cc(C(C)(C)CC)cc(C(C)(C)CC)c3O)CC2)c(O)c(C(C)(C)CC)c1. The number of benzene rings is 2. The molecule has 1 heterocycles. The van der Waals surface area contributed by atoms with Crippen LogP contribution in [-0.4, -0.2) is 46.2 Å². The first-order chi connectivity index (χ1) is 19.4. The summed E-state index contributed by atoms with van der Waals surface area (Å²) in [5, 5.41) is 23.0. The van der Waals surface area contributed by atoms with Crippen molar-refractivity contribution in [2.45, 2.75) is 144 Å². The van der Waals surface area contributed by atoms with Crippen LogP contribution < -0.4 is 0 Å². The number of piperazine rings is 1. The van der Waals surface area contributed by atoms with E-state index in [9.17, 15) is 10.2 Å². The van der Waals surface area contributed by atoms with Crippen molar-refractivity contribution in [3.63, 3.8) is 0 Å². The molecular formula is C38H62N2O2. The molecule has 1 aliphatic heterocycles.